The van der Waals surface area contributed by atoms with Gasteiger partial charge in [0.05, 0.1) is 7.11 Å². The summed E-state index contributed by atoms with van der Waals surface area (Å²) in [5.74, 6) is -0.218. The minimum Gasteiger partial charge on any atom is -0.497 e. The zero-order valence-electron chi connectivity index (χ0n) is 11.0. The van der Waals surface area contributed by atoms with Crippen molar-refractivity contribution < 1.29 is 14.6 Å². The van der Waals surface area contributed by atoms with Gasteiger partial charge in [-0.15, -0.1) is 0 Å². The summed E-state index contributed by atoms with van der Waals surface area (Å²) in [4.78, 5) is 11.2. The molecule has 3 heteroatoms. The van der Waals surface area contributed by atoms with Crippen LogP contribution in [0.15, 0.2) is 47.3 Å². The van der Waals surface area contributed by atoms with Crippen molar-refractivity contribution >= 4 is 5.97 Å². The van der Waals surface area contributed by atoms with E-state index in [4.69, 9.17) is 9.84 Å². The van der Waals surface area contributed by atoms with Crippen LogP contribution >= 0.6 is 0 Å². The molecule has 0 saturated heterocycles. The summed E-state index contributed by atoms with van der Waals surface area (Å²) in [6.07, 6.45) is 8.54. The van der Waals surface area contributed by atoms with Crippen LogP contribution in [0.25, 0.3) is 0 Å². The van der Waals surface area contributed by atoms with Crippen molar-refractivity contribution in [3.05, 3.63) is 47.3 Å². The molecule has 0 aliphatic heterocycles. The summed E-state index contributed by atoms with van der Waals surface area (Å²) in [5, 5.41) is 9.17. The number of methoxy groups -OCH3 is 1. The first-order valence-electron chi connectivity index (χ1n) is 6.08. The molecule has 0 amide bonds. The summed E-state index contributed by atoms with van der Waals surface area (Å²) < 4.78 is 5.23. The Kier molecular flexibility index (Phi) is 5.43. The van der Waals surface area contributed by atoms with Crippen molar-refractivity contribution in [2.45, 2.75) is 32.6 Å². The van der Waals surface area contributed by atoms with Gasteiger partial charge in [-0.3, -0.25) is 0 Å². The summed E-state index contributed by atoms with van der Waals surface area (Å²) in [7, 11) is 1.58. The second-order valence-corrected chi connectivity index (χ2v) is 4.31. The summed E-state index contributed by atoms with van der Waals surface area (Å²) in [6, 6.07) is 0. The molecular formula is C15H20O3. The molecular weight excluding hydrogens is 228 g/mol. The minimum atomic E-state index is -0.882. The first kappa shape index (κ1) is 14.3. The molecule has 3 nitrogen and oxygen atoms in total. The number of carboxylic acids is 1. The molecule has 0 aromatic carbocycles. The van der Waals surface area contributed by atoms with Crippen molar-refractivity contribution in [1.82, 2.24) is 0 Å². The third-order valence-electron chi connectivity index (χ3n) is 3.08. The Balaban J connectivity index is 3.10. The first-order chi connectivity index (χ1) is 8.58. The summed E-state index contributed by atoms with van der Waals surface area (Å²) in [6.45, 7) is 5.92. The van der Waals surface area contributed by atoms with Gasteiger partial charge in [-0.05, 0) is 43.9 Å². The molecule has 1 aliphatic rings. The van der Waals surface area contributed by atoms with Crippen LogP contribution in [0.3, 0.4) is 0 Å². The molecule has 0 unspecified atom stereocenters. The van der Waals surface area contributed by atoms with E-state index in [1.165, 1.54) is 0 Å². The van der Waals surface area contributed by atoms with Gasteiger partial charge in [0, 0.05) is 12.0 Å². The predicted molar refractivity (Wildman–Crippen MR) is 72.2 cm³/mol. The van der Waals surface area contributed by atoms with E-state index in [2.05, 4.69) is 6.58 Å². The topological polar surface area (TPSA) is 46.5 Å². The van der Waals surface area contributed by atoms with Crippen LogP contribution < -0.4 is 0 Å². The van der Waals surface area contributed by atoms with Crippen LogP contribution in [-0.2, 0) is 9.53 Å². The number of ether oxygens (including phenoxy) is 1. The highest BCUT2D eigenvalue weighted by molar-refractivity contribution is 5.87. The molecule has 0 aromatic heterocycles. The van der Waals surface area contributed by atoms with Gasteiger partial charge in [-0.1, -0.05) is 18.2 Å². The maximum Gasteiger partial charge on any atom is 0.331 e. The maximum absolute atomic E-state index is 11.2. The van der Waals surface area contributed by atoms with E-state index in [1.54, 1.807) is 19.3 Å². The summed E-state index contributed by atoms with van der Waals surface area (Å²) >= 11 is 0. The van der Waals surface area contributed by atoms with E-state index in [1.807, 2.05) is 13.0 Å². The van der Waals surface area contributed by atoms with E-state index in [-0.39, 0.29) is 0 Å². The Morgan fingerprint density at radius 2 is 2.17 bits per heavy atom. The van der Waals surface area contributed by atoms with E-state index in [0.29, 0.717) is 17.8 Å². The van der Waals surface area contributed by atoms with Gasteiger partial charge in [0.1, 0.15) is 5.76 Å². The molecule has 0 aromatic rings. The van der Waals surface area contributed by atoms with Gasteiger partial charge >= 0.3 is 5.97 Å². The Morgan fingerprint density at radius 1 is 1.44 bits per heavy atom. The number of aliphatic carboxylic acids is 1. The molecule has 0 saturated carbocycles. The highest BCUT2D eigenvalue weighted by Gasteiger charge is 2.12. The smallest absolute Gasteiger partial charge is 0.331 e. The van der Waals surface area contributed by atoms with Crippen molar-refractivity contribution in [2.75, 3.05) is 7.11 Å². The molecule has 0 radical (unpaired) electrons. The van der Waals surface area contributed by atoms with Crippen LogP contribution in [0.5, 0.6) is 0 Å². The molecule has 1 N–H and O–H groups in total. The lowest BCUT2D eigenvalue weighted by molar-refractivity contribution is -0.132. The molecule has 1 rings (SSSR count). The highest BCUT2D eigenvalue weighted by Crippen LogP contribution is 2.24. The Morgan fingerprint density at radius 3 is 2.72 bits per heavy atom. The van der Waals surface area contributed by atoms with Gasteiger partial charge < -0.3 is 9.84 Å². The Bertz CT molecular complexity index is 425. The average molecular weight is 248 g/mol. The van der Waals surface area contributed by atoms with Crippen LogP contribution in [-0.4, -0.2) is 18.2 Å². The van der Waals surface area contributed by atoms with Gasteiger partial charge in [-0.25, -0.2) is 4.79 Å². The zero-order valence-corrected chi connectivity index (χ0v) is 11.0. The Hall–Kier alpha value is -1.77. The van der Waals surface area contributed by atoms with Gasteiger partial charge in [0.15, 0.2) is 0 Å². The number of hydrogen-bond donors (Lipinski definition) is 1. The monoisotopic (exact) mass is 248 g/mol. The fourth-order valence-corrected chi connectivity index (χ4v) is 1.94. The average Bonchev–Trinajstić information content (AvgIpc) is 2.35. The van der Waals surface area contributed by atoms with E-state index < -0.39 is 5.97 Å². The molecule has 0 bridgehead atoms. The van der Waals surface area contributed by atoms with Gasteiger partial charge in [0.2, 0.25) is 0 Å². The number of allylic oxidation sites excluding steroid dienone is 5. The van der Waals surface area contributed by atoms with E-state index in [0.717, 1.165) is 30.4 Å². The SMILES string of the molecule is C=C1CCC/C(=C\C)C/C(C(=O)O)=C\C=C/1OC. The third kappa shape index (κ3) is 3.91. The van der Waals surface area contributed by atoms with Crippen molar-refractivity contribution in [3.63, 3.8) is 0 Å². The van der Waals surface area contributed by atoms with E-state index >= 15 is 0 Å². The molecule has 18 heavy (non-hydrogen) atoms. The molecule has 98 valence electrons. The Labute approximate surface area is 108 Å². The lowest BCUT2D eigenvalue weighted by Gasteiger charge is -2.13. The maximum atomic E-state index is 11.2. The standard InChI is InChI=1S/C15H20O3/c1-4-12-7-5-6-11(2)14(18-3)9-8-13(10-12)15(16)17/h4,8-9H,2,5-7,10H2,1,3H3,(H,16,17)/b12-4+,13-8+,14-9+. The predicted octanol–water partition coefficient (Wildman–Crippen LogP) is 3.60. The molecule has 0 heterocycles. The summed E-state index contributed by atoms with van der Waals surface area (Å²) in [5.41, 5.74) is 2.45. The number of hydrogen-bond acceptors (Lipinski definition) is 2. The van der Waals surface area contributed by atoms with E-state index in [9.17, 15) is 4.79 Å². The van der Waals surface area contributed by atoms with Crippen LogP contribution in [0.4, 0.5) is 0 Å². The molecule has 1 aliphatic carbocycles. The molecule has 0 atom stereocenters. The quantitative estimate of drug-likeness (QED) is 0.759. The van der Waals surface area contributed by atoms with Gasteiger partial charge in [0.25, 0.3) is 0 Å². The van der Waals surface area contributed by atoms with Crippen LogP contribution in [0.2, 0.25) is 0 Å². The first-order valence-corrected chi connectivity index (χ1v) is 6.08. The second-order valence-electron chi connectivity index (χ2n) is 4.31. The number of carbonyl (C=O) groups is 1. The molecule has 0 fully saturated rings. The van der Waals surface area contributed by atoms with Crippen molar-refractivity contribution in [1.29, 1.82) is 0 Å². The van der Waals surface area contributed by atoms with Crippen molar-refractivity contribution in [3.8, 4) is 0 Å². The van der Waals surface area contributed by atoms with Crippen LogP contribution in [0, 0.1) is 0 Å². The van der Waals surface area contributed by atoms with Crippen LogP contribution in [0.1, 0.15) is 32.6 Å². The highest BCUT2D eigenvalue weighted by atomic mass is 16.5. The van der Waals surface area contributed by atoms with Crippen molar-refractivity contribution in [2.24, 2.45) is 0 Å². The third-order valence-corrected chi connectivity index (χ3v) is 3.08. The number of carboxylic acid groups (broad SMARTS) is 1. The van der Waals surface area contributed by atoms with Gasteiger partial charge in [-0.2, -0.15) is 0 Å². The second kappa shape index (κ2) is 6.84. The normalized spacial score (nSPS) is 25.9. The largest absolute Gasteiger partial charge is 0.497 e. The fourth-order valence-electron chi connectivity index (χ4n) is 1.94. The lowest BCUT2D eigenvalue weighted by Crippen LogP contribution is -2.04. The lowest BCUT2D eigenvalue weighted by atomic mass is 9.96. The fraction of sp³-hybridized carbons (Fsp3) is 0.400. The molecule has 0 spiro atoms. The minimum absolute atomic E-state index is 0.382. The zero-order chi connectivity index (χ0) is 13.5. The number of rotatable bonds is 2.